The van der Waals surface area contributed by atoms with Gasteiger partial charge >= 0.3 is 0 Å². The topological polar surface area (TPSA) is 16.4 Å². The molecule has 0 aliphatic rings. The van der Waals surface area contributed by atoms with Crippen LogP contribution in [0.5, 0.6) is 0 Å². The van der Waals surface area contributed by atoms with E-state index in [1.54, 1.807) is 24.3 Å². The van der Waals surface area contributed by atoms with Crippen molar-refractivity contribution >= 4 is 71.3 Å². The Morgan fingerprint density at radius 1 is 0.400 bits per heavy atom. The van der Waals surface area contributed by atoms with Crippen LogP contribution in [0, 0.1) is 0 Å². The number of para-hydroxylation sites is 2. The second-order valence-electron chi connectivity index (χ2n) is 12.3. The molecule has 0 saturated heterocycles. The second kappa shape index (κ2) is 11.5. The van der Waals surface area contributed by atoms with Gasteiger partial charge in [-0.2, -0.15) is 0 Å². The molecule has 10 rings (SSSR count). The first-order valence-corrected chi connectivity index (χ1v) is 16.5. The van der Waals surface area contributed by atoms with Crippen LogP contribution >= 0.6 is 0 Å². The minimum atomic E-state index is -0.418. The molecule has 0 bridgehead atoms. The van der Waals surface area contributed by atoms with Gasteiger partial charge in [0.1, 0.15) is 11.2 Å². The highest BCUT2D eigenvalue weighted by Crippen LogP contribution is 2.42. The Hall–Kier alpha value is -6.64. The summed E-state index contributed by atoms with van der Waals surface area (Å²) in [4.78, 5) is 1.37. The van der Waals surface area contributed by atoms with E-state index in [0.29, 0.717) is 33.4 Å². The Morgan fingerprint density at radius 3 is 1.70 bits per heavy atom. The van der Waals surface area contributed by atoms with Crippen molar-refractivity contribution in [3.63, 3.8) is 0 Å². The molecule has 2 heteroatoms. The Bertz CT molecular complexity index is 3290. The quantitative estimate of drug-likeness (QED) is 0.173. The number of anilines is 3. The molecule has 1 heterocycles. The van der Waals surface area contributed by atoms with E-state index in [1.807, 2.05) is 115 Å². The van der Waals surface area contributed by atoms with E-state index >= 15 is 0 Å². The summed E-state index contributed by atoms with van der Waals surface area (Å²) in [6, 6.07) is 40.3. The SMILES string of the molecule is [2H]c1c([2H])c(N(c2c([2H])c([2H])c(-c3cccc4c3oc3ccccc34)c([2H])c2[2H])c2cccc3ccccc23)c([2H])c([2H])c1-c1cc2ccccc2c2ccccc12. The minimum absolute atomic E-state index is 0.0411. The molecule has 0 atom stereocenters. The molecule has 9 aromatic carbocycles. The van der Waals surface area contributed by atoms with Gasteiger partial charge in [-0.3, -0.25) is 0 Å². The minimum Gasteiger partial charge on any atom is -0.455 e. The van der Waals surface area contributed by atoms with Crippen LogP contribution in [-0.2, 0) is 0 Å². The molecule has 10 aromatic rings. The number of furan rings is 1. The zero-order valence-corrected chi connectivity index (χ0v) is 26.6. The summed E-state index contributed by atoms with van der Waals surface area (Å²) in [6.07, 6.45) is 0. The summed E-state index contributed by atoms with van der Waals surface area (Å²) >= 11 is 0. The molecule has 0 amide bonds. The fraction of sp³-hybridized carbons (Fsp3) is 0. The third kappa shape index (κ3) is 4.57. The number of fused-ring (bicyclic) bond motifs is 7. The maximum Gasteiger partial charge on any atom is 0.143 e. The first-order valence-electron chi connectivity index (χ1n) is 20.5. The van der Waals surface area contributed by atoms with E-state index in [-0.39, 0.29) is 46.7 Å². The van der Waals surface area contributed by atoms with Gasteiger partial charge in [0.05, 0.1) is 16.7 Å². The third-order valence-corrected chi connectivity index (χ3v) is 9.39. The van der Waals surface area contributed by atoms with Gasteiger partial charge in [0.2, 0.25) is 0 Å². The van der Waals surface area contributed by atoms with Gasteiger partial charge in [-0.1, -0.05) is 145 Å². The van der Waals surface area contributed by atoms with Crippen molar-refractivity contribution in [2.75, 3.05) is 4.90 Å². The second-order valence-corrected chi connectivity index (χ2v) is 12.3. The average molecular weight is 646 g/mol. The predicted molar refractivity (Wildman–Crippen MR) is 212 cm³/mol. The van der Waals surface area contributed by atoms with Crippen molar-refractivity contribution < 1.29 is 15.4 Å². The molecule has 2 nitrogen and oxygen atoms in total. The van der Waals surface area contributed by atoms with E-state index in [0.717, 1.165) is 37.7 Å². The molecule has 0 saturated carbocycles. The van der Waals surface area contributed by atoms with Crippen LogP contribution in [0.25, 0.3) is 76.5 Å². The van der Waals surface area contributed by atoms with Crippen molar-refractivity contribution in [3.8, 4) is 22.3 Å². The van der Waals surface area contributed by atoms with E-state index in [9.17, 15) is 11.0 Å². The molecule has 0 unspecified atom stereocenters. The monoisotopic (exact) mass is 645 g/mol. The van der Waals surface area contributed by atoms with Crippen molar-refractivity contribution in [1.29, 1.82) is 0 Å². The lowest BCUT2D eigenvalue weighted by Crippen LogP contribution is -2.10. The number of hydrogen-bond donors (Lipinski definition) is 0. The summed E-state index contributed by atoms with van der Waals surface area (Å²) in [5, 5.41) is 6.65. The zero-order valence-electron chi connectivity index (χ0n) is 34.6. The van der Waals surface area contributed by atoms with Crippen LogP contribution in [0.3, 0.4) is 0 Å². The molecule has 234 valence electrons. The maximum atomic E-state index is 9.64. The average Bonchev–Trinajstić information content (AvgIpc) is 3.64. The summed E-state index contributed by atoms with van der Waals surface area (Å²) in [7, 11) is 0. The van der Waals surface area contributed by atoms with E-state index in [2.05, 4.69) is 0 Å². The first-order chi connectivity index (χ1) is 28.2. The maximum absolute atomic E-state index is 9.64. The smallest absolute Gasteiger partial charge is 0.143 e. The standard InChI is InChI=1S/C48H31NO/c1-4-15-39-32(11-1)13-9-21-46(39)49(36-27-23-33(24-28-36)40-19-10-20-44-43-18-7-8-22-47(43)50-48(40)44)37-29-25-34(26-30-37)45-31-35-12-2-3-14-38(35)41-16-5-6-17-42(41)45/h1-31H/i23D,24D,25D,26D,27D,28D,29D,30D. The van der Waals surface area contributed by atoms with E-state index in [4.69, 9.17) is 4.42 Å². The fourth-order valence-corrected chi connectivity index (χ4v) is 7.07. The lowest BCUT2D eigenvalue weighted by atomic mass is 9.93. The van der Waals surface area contributed by atoms with Crippen LogP contribution in [-0.4, -0.2) is 0 Å². The van der Waals surface area contributed by atoms with E-state index in [1.165, 1.54) is 4.90 Å². The summed E-state index contributed by atoms with van der Waals surface area (Å²) in [5.41, 5.74) is 2.11. The number of nitrogens with zero attached hydrogens (tertiary/aromatic N) is 1. The third-order valence-electron chi connectivity index (χ3n) is 9.39. The largest absolute Gasteiger partial charge is 0.455 e. The van der Waals surface area contributed by atoms with Gasteiger partial charge in [0, 0.05) is 33.1 Å². The van der Waals surface area contributed by atoms with Crippen molar-refractivity contribution in [3.05, 3.63) is 188 Å². The predicted octanol–water partition coefficient (Wildman–Crippen LogP) is 13.8. The highest BCUT2D eigenvalue weighted by molar-refractivity contribution is 6.14. The fourth-order valence-electron chi connectivity index (χ4n) is 7.07. The lowest BCUT2D eigenvalue weighted by Gasteiger charge is -2.27. The van der Waals surface area contributed by atoms with Crippen molar-refractivity contribution in [1.82, 2.24) is 0 Å². The summed E-state index contributed by atoms with van der Waals surface area (Å²) in [5.74, 6) is 0. The first kappa shape index (κ1) is 21.4. The normalized spacial score (nSPS) is 13.8. The molecule has 1 aromatic heterocycles. The Balaban J connectivity index is 1.27. The number of benzene rings is 9. The van der Waals surface area contributed by atoms with Crippen molar-refractivity contribution in [2.24, 2.45) is 0 Å². The van der Waals surface area contributed by atoms with Gasteiger partial charge in [-0.05, 0) is 86.0 Å². The van der Waals surface area contributed by atoms with Gasteiger partial charge in [0.25, 0.3) is 0 Å². The zero-order chi connectivity index (χ0) is 40.0. The molecule has 50 heavy (non-hydrogen) atoms. The Labute approximate surface area is 301 Å². The highest BCUT2D eigenvalue weighted by atomic mass is 16.3. The van der Waals surface area contributed by atoms with Gasteiger partial charge in [-0.25, -0.2) is 0 Å². The number of hydrogen-bond acceptors (Lipinski definition) is 2. The summed E-state index contributed by atoms with van der Waals surface area (Å²) in [6.45, 7) is 0. The molecular formula is C48H31NO. The molecule has 0 radical (unpaired) electrons. The molecular weight excluding hydrogens is 607 g/mol. The highest BCUT2D eigenvalue weighted by Gasteiger charge is 2.18. The Morgan fingerprint density at radius 2 is 0.940 bits per heavy atom. The van der Waals surface area contributed by atoms with Crippen LogP contribution in [0.15, 0.2) is 192 Å². The van der Waals surface area contributed by atoms with E-state index < -0.39 is 24.2 Å². The number of rotatable bonds is 5. The van der Waals surface area contributed by atoms with Gasteiger partial charge in [-0.15, -0.1) is 0 Å². The van der Waals surface area contributed by atoms with Crippen LogP contribution in [0.4, 0.5) is 17.1 Å². The van der Waals surface area contributed by atoms with Crippen molar-refractivity contribution in [2.45, 2.75) is 0 Å². The van der Waals surface area contributed by atoms with Gasteiger partial charge in [0.15, 0.2) is 0 Å². The van der Waals surface area contributed by atoms with Gasteiger partial charge < -0.3 is 9.32 Å². The molecule has 0 aliphatic heterocycles. The van der Waals surface area contributed by atoms with Crippen LogP contribution < -0.4 is 4.90 Å². The molecule has 0 aliphatic carbocycles. The van der Waals surface area contributed by atoms with Crippen LogP contribution in [0.1, 0.15) is 11.0 Å². The molecule has 0 fully saturated rings. The lowest BCUT2D eigenvalue weighted by molar-refractivity contribution is 0.670. The molecule has 0 N–H and O–H groups in total. The Kier molecular flexibility index (Phi) is 4.91. The molecule has 0 spiro atoms. The summed E-state index contributed by atoms with van der Waals surface area (Å²) < 4.78 is 82.7. The van der Waals surface area contributed by atoms with Crippen LogP contribution in [0.2, 0.25) is 0 Å².